The van der Waals surface area contributed by atoms with Gasteiger partial charge in [-0.15, -0.1) is 0 Å². The zero-order chi connectivity index (χ0) is 15.5. The molecule has 1 aromatic carbocycles. The van der Waals surface area contributed by atoms with Crippen LogP contribution in [0.4, 0.5) is 0 Å². The molecule has 3 N–H and O–H groups in total. The van der Waals surface area contributed by atoms with Gasteiger partial charge in [-0.1, -0.05) is 19.3 Å². The summed E-state index contributed by atoms with van der Waals surface area (Å²) in [6.07, 6.45) is 7.27. The van der Waals surface area contributed by atoms with E-state index in [1.807, 2.05) is 13.8 Å². The van der Waals surface area contributed by atoms with Crippen molar-refractivity contribution in [1.82, 2.24) is 0 Å². The minimum atomic E-state index is -0.336. The van der Waals surface area contributed by atoms with E-state index in [0.29, 0.717) is 5.75 Å². The van der Waals surface area contributed by atoms with Gasteiger partial charge in [0, 0.05) is 35.1 Å². The molecule has 4 nitrogen and oxygen atoms in total. The van der Waals surface area contributed by atoms with Crippen molar-refractivity contribution in [1.29, 1.82) is 0 Å². The summed E-state index contributed by atoms with van der Waals surface area (Å²) in [6.45, 7) is 4.09. The first-order chi connectivity index (χ1) is 10.5. The molecule has 0 amide bonds. The number of phenols is 1. The highest BCUT2D eigenvalue weighted by Crippen LogP contribution is 2.55. The Kier molecular flexibility index (Phi) is 3.09. The number of phenolic OH excluding ortho intramolecular Hbond substituents is 1. The summed E-state index contributed by atoms with van der Waals surface area (Å²) in [5.41, 5.74) is 9.62. The van der Waals surface area contributed by atoms with E-state index >= 15 is 0 Å². The quantitative estimate of drug-likeness (QED) is 0.836. The number of aromatic hydroxyl groups is 1. The van der Waals surface area contributed by atoms with Crippen LogP contribution in [0.1, 0.15) is 62.6 Å². The minimum Gasteiger partial charge on any atom is -0.504 e. The van der Waals surface area contributed by atoms with Gasteiger partial charge < -0.3 is 20.3 Å². The van der Waals surface area contributed by atoms with Gasteiger partial charge in [0.25, 0.3) is 0 Å². The molecule has 2 heterocycles. The smallest absolute Gasteiger partial charge is 0.165 e. The summed E-state index contributed by atoms with van der Waals surface area (Å²) in [6, 6.07) is 0. The van der Waals surface area contributed by atoms with E-state index in [1.54, 1.807) is 0 Å². The Balaban J connectivity index is 1.94. The summed E-state index contributed by atoms with van der Waals surface area (Å²) < 4.78 is 12.0. The number of ether oxygens (including phenoxy) is 2. The molecule has 0 spiro atoms. The fraction of sp³-hybridized carbons (Fsp3) is 0.667. The average molecular weight is 303 g/mol. The highest BCUT2D eigenvalue weighted by Gasteiger charge is 2.43. The van der Waals surface area contributed by atoms with Crippen molar-refractivity contribution in [2.24, 2.45) is 5.73 Å². The lowest BCUT2D eigenvalue weighted by Crippen LogP contribution is -2.40. The van der Waals surface area contributed by atoms with Crippen LogP contribution in [0.3, 0.4) is 0 Å². The van der Waals surface area contributed by atoms with Crippen LogP contribution in [0.15, 0.2) is 0 Å². The van der Waals surface area contributed by atoms with Crippen molar-refractivity contribution >= 4 is 0 Å². The first-order valence-electron chi connectivity index (χ1n) is 8.53. The first-order valence-corrected chi connectivity index (χ1v) is 8.53. The molecule has 0 aromatic heterocycles. The predicted octanol–water partition coefficient (Wildman–Crippen LogP) is 3.16. The SMILES string of the molecule is CC1Cc2c(c(O)c3c(c2C2(N)CCCCC2)OC(C)C3)O1. The van der Waals surface area contributed by atoms with E-state index in [0.717, 1.165) is 61.0 Å². The van der Waals surface area contributed by atoms with Gasteiger partial charge in [0.1, 0.15) is 18.0 Å². The molecule has 0 bridgehead atoms. The second kappa shape index (κ2) is 4.79. The molecule has 1 aliphatic carbocycles. The molecule has 2 aliphatic heterocycles. The zero-order valence-electron chi connectivity index (χ0n) is 13.4. The van der Waals surface area contributed by atoms with Crippen molar-refractivity contribution in [3.8, 4) is 17.2 Å². The molecule has 3 aliphatic rings. The number of fused-ring (bicyclic) bond motifs is 2. The summed E-state index contributed by atoms with van der Waals surface area (Å²) in [5.74, 6) is 1.79. The van der Waals surface area contributed by atoms with E-state index in [4.69, 9.17) is 15.2 Å². The highest BCUT2D eigenvalue weighted by atomic mass is 16.5. The maximum absolute atomic E-state index is 10.6. The standard InChI is InChI=1S/C18H25NO3/c1-10-8-12-14(18(19)6-4-3-5-7-18)16-13(9-11(2)21-16)15(20)17(12)22-10/h10-11,20H,3-9,19H2,1-2H3. The second-order valence-electron chi connectivity index (χ2n) is 7.32. The average Bonchev–Trinajstić information content (AvgIpc) is 3.02. The lowest BCUT2D eigenvalue weighted by Gasteiger charge is -2.36. The van der Waals surface area contributed by atoms with Gasteiger partial charge in [0.15, 0.2) is 11.5 Å². The van der Waals surface area contributed by atoms with Crippen LogP contribution in [0.25, 0.3) is 0 Å². The molecule has 2 atom stereocenters. The van der Waals surface area contributed by atoms with Crippen LogP contribution in [0.2, 0.25) is 0 Å². The largest absolute Gasteiger partial charge is 0.504 e. The summed E-state index contributed by atoms with van der Waals surface area (Å²) >= 11 is 0. The Bertz CT molecular complexity index is 580. The van der Waals surface area contributed by atoms with Gasteiger partial charge in [-0.05, 0) is 26.7 Å². The third-order valence-electron chi connectivity index (χ3n) is 5.44. The van der Waals surface area contributed by atoms with Gasteiger partial charge in [0.2, 0.25) is 0 Å². The number of nitrogens with two attached hydrogens (primary N) is 1. The van der Waals surface area contributed by atoms with Gasteiger partial charge in [-0.3, -0.25) is 0 Å². The second-order valence-corrected chi connectivity index (χ2v) is 7.32. The van der Waals surface area contributed by atoms with Crippen LogP contribution < -0.4 is 15.2 Å². The van der Waals surface area contributed by atoms with E-state index in [9.17, 15) is 5.11 Å². The molecule has 0 radical (unpaired) electrons. The van der Waals surface area contributed by atoms with Crippen LogP contribution >= 0.6 is 0 Å². The summed E-state index contributed by atoms with van der Waals surface area (Å²) in [5, 5.41) is 10.6. The maximum atomic E-state index is 10.6. The number of hydrogen-bond acceptors (Lipinski definition) is 4. The Morgan fingerprint density at radius 3 is 2.23 bits per heavy atom. The number of rotatable bonds is 1. The Labute approximate surface area is 131 Å². The topological polar surface area (TPSA) is 64.7 Å². The van der Waals surface area contributed by atoms with E-state index in [-0.39, 0.29) is 23.5 Å². The van der Waals surface area contributed by atoms with E-state index in [1.165, 1.54) is 6.42 Å². The van der Waals surface area contributed by atoms with Crippen LogP contribution in [0.5, 0.6) is 17.2 Å². The number of benzene rings is 1. The molecule has 1 fully saturated rings. The summed E-state index contributed by atoms with van der Waals surface area (Å²) in [7, 11) is 0. The lowest BCUT2D eigenvalue weighted by atomic mass is 9.74. The fourth-order valence-corrected chi connectivity index (χ4v) is 4.45. The molecule has 0 saturated heterocycles. The monoisotopic (exact) mass is 303 g/mol. The molecule has 2 unspecified atom stereocenters. The van der Waals surface area contributed by atoms with Gasteiger partial charge in [-0.25, -0.2) is 0 Å². The molecule has 4 rings (SSSR count). The van der Waals surface area contributed by atoms with Crippen molar-refractivity contribution in [3.63, 3.8) is 0 Å². The third kappa shape index (κ3) is 1.93. The molecular weight excluding hydrogens is 278 g/mol. The molecular formula is C18H25NO3. The first kappa shape index (κ1) is 14.2. The van der Waals surface area contributed by atoms with Crippen molar-refractivity contribution < 1.29 is 14.6 Å². The van der Waals surface area contributed by atoms with Gasteiger partial charge in [-0.2, -0.15) is 0 Å². The van der Waals surface area contributed by atoms with E-state index < -0.39 is 0 Å². The highest BCUT2D eigenvalue weighted by molar-refractivity contribution is 5.67. The van der Waals surface area contributed by atoms with Crippen molar-refractivity contribution in [2.75, 3.05) is 0 Å². The van der Waals surface area contributed by atoms with Gasteiger partial charge >= 0.3 is 0 Å². The Morgan fingerprint density at radius 1 is 0.955 bits per heavy atom. The molecule has 4 heteroatoms. The molecule has 1 saturated carbocycles. The number of hydrogen-bond donors (Lipinski definition) is 2. The normalized spacial score (nSPS) is 28.7. The van der Waals surface area contributed by atoms with Crippen molar-refractivity contribution in [2.45, 2.75) is 76.5 Å². The Morgan fingerprint density at radius 2 is 1.55 bits per heavy atom. The maximum Gasteiger partial charge on any atom is 0.165 e. The third-order valence-corrected chi connectivity index (χ3v) is 5.44. The van der Waals surface area contributed by atoms with E-state index in [2.05, 4.69) is 0 Å². The Hall–Kier alpha value is -1.42. The molecule has 120 valence electrons. The van der Waals surface area contributed by atoms with Crippen LogP contribution in [-0.2, 0) is 18.4 Å². The zero-order valence-corrected chi connectivity index (χ0v) is 13.4. The molecule has 1 aromatic rings. The lowest BCUT2D eigenvalue weighted by molar-refractivity contribution is 0.236. The van der Waals surface area contributed by atoms with Gasteiger partial charge in [0.05, 0.1) is 0 Å². The van der Waals surface area contributed by atoms with Crippen molar-refractivity contribution in [3.05, 3.63) is 16.7 Å². The minimum absolute atomic E-state index is 0.0896. The van der Waals surface area contributed by atoms with Crippen LogP contribution in [-0.4, -0.2) is 17.3 Å². The summed E-state index contributed by atoms with van der Waals surface area (Å²) in [4.78, 5) is 0. The fourth-order valence-electron chi connectivity index (χ4n) is 4.45. The predicted molar refractivity (Wildman–Crippen MR) is 84.6 cm³/mol. The molecule has 22 heavy (non-hydrogen) atoms. The van der Waals surface area contributed by atoms with Crippen LogP contribution in [0, 0.1) is 0 Å².